The van der Waals surface area contributed by atoms with Gasteiger partial charge in [-0.25, -0.2) is 0 Å². The van der Waals surface area contributed by atoms with E-state index in [1.165, 1.54) is 12.5 Å². The van der Waals surface area contributed by atoms with E-state index < -0.39 is 11.7 Å². The molecule has 2 nitrogen and oxygen atoms in total. The van der Waals surface area contributed by atoms with Crippen molar-refractivity contribution in [1.29, 1.82) is 0 Å². The average Bonchev–Trinajstić information content (AvgIpc) is 2.45. The third-order valence-electron chi connectivity index (χ3n) is 3.92. The van der Waals surface area contributed by atoms with E-state index in [1.807, 2.05) is 0 Å². The molecular formula is C15H21F3N2. The highest BCUT2D eigenvalue weighted by atomic mass is 19.4. The summed E-state index contributed by atoms with van der Waals surface area (Å²) in [6.07, 6.45) is -0.856. The molecule has 1 unspecified atom stereocenters. The molecule has 112 valence electrons. The van der Waals surface area contributed by atoms with Crippen molar-refractivity contribution in [3.05, 3.63) is 35.4 Å². The third-order valence-corrected chi connectivity index (χ3v) is 3.92. The molecule has 5 heteroatoms. The Morgan fingerprint density at radius 3 is 2.35 bits per heavy atom. The second kappa shape index (κ2) is 6.59. The smallest absolute Gasteiger partial charge is 0.330 e. The van der Waals surface area contributed by atoms with E-state index in [-0.39, 0.29) is 12.5 Å². The second-order valence-electron chi connectivity index (χ2n) is 5.38. The second-order valence-corrected chi connectivity index (χ2v) is 5.38. The van der Waals surface area contributed by atoms with E-state index >= 15 is 0 Å². The number of halogens is 3. The fraction of sp³-hybridized carbons (Fsp3) is 0.600. The predicted molar refractivity (Wildman–Crippen MR) is 73.5 cm³/mol. The first-order chi connectivity index (χ1) is 9.52. The van der Waals surface area contributed by atoms with Crippen LogP contribution < -0.4 is 5.73 Å². The van der Waals surface area contributed by atoms with Crippen LogP contribution in [-0.4, -0.2) is 31.1 Å². The standard InChI is InChI=1S/C15H21F3N2/c16-15(17,18)14-7-3-2-6-13(14)12(10-19)11-20-8-4-1-5-9-20/h2-3,6-7,12H,1,4-5,8-11,19H2. The monoisotopic (exact) mass is 286 g/mol. The molecule has 0 radical (unpaired) electrons. The Kier molecular flexibility index (Phi) is 5.05. The van der Waals surface area contributed by atoms with Gasteiger partial charge in [-0.3, -0.25) is 0 Å². The van der Waals surface area contributed by atoms with Crippen molar-refractivity contribution in [3.63, 3.8) is 0 Å². The molecule has 1 aromatic rings. The lowest BCUT2D eigenvalue weighted by Crippen LogP contribution is -2.36. The molecule has 20 heavy (non-hydrogen) atoms. The van der Waals surface area contributed by atoms with Crippen LogP contribution in [-0.2, 0) is 6.18 Å². The van der Waals surface area contributed by atoms with E-state index in [9.17, 15) is 13.2 Å². The number of rotatable bonds is 4. The van der Waals surface area contributed by atoms with Crippen LogP contribution in [0, 0.1) is 0 Å². The van der Waals surface area contributed by atoms with E-state index in [1.54, 1.807) is 12.1 Å². The highest BCUT2D eigenvalue weighted by Gasteiger charge is 2.35. The van der Waals surface area contributed by atoms with Gasteiger partial charge in [0, 0.05) is 19.0 Å². The summed E-state index contributed by atoms with van der Waals surface area (Å²) in [7, 11) is 0. The fourth-order valence-electron chi connectivity index (χ4n) is 2.86. The van der Waals surface area contributed by atoms with Crippen molar-refractivity contribution in [2.75, 3.05) is 26.2 Å². The molecule has 1 heterocycles. The predicted octanol–water partition coefficient (Wildman–Crippen LogP) is 3.23. The van der Waals surface area contributed by atoms with Gasteiger partial charge in [0.05, 0.1) is 5.56 Å². The molecule has 2 N–H and O–H groups in total. The largest absolute Gasteiger partial charge is 0.416 e. The number of nitrogens with two attached hydrogens (primary N) is 1. The molecule has 1 atom stereocenters. The summed E-state index contributed by atoms with van der Waals surface area (Å²) in [5.41, 5.74) is 5.52. The Bertz CT molecular complexity index is 425. The number of hydrogen-bond acceptors (Lipinski definition) is 2. The number of likely N-dealkylation sites (tertiary alicyclic amines) is 1. The third kappa shape index (κ3) is 3.73. The molecule has 1 saturated heterocycles. The van der Waals surface area contributed by atoms with Crippen LogP contribution in [0.15, 0.2) is 24.3 Å². The van der Waals surface area contributed by atoms with E-state index in [2.05, 4.69) is 4.90 Å². The van der Waals surface area contributed by atoms with Crippen LogP contribution in [0.1, 0.15) is 36.3 Å². The lowest BCUT2D eigenvalue weighted by atomic mass is 9.92. The van der Waals surface area contributed by atoms with Gasteiger partial charge in [-0.15, -0.1) is 0 Å². The SMILES string of the molecule is NCC(CN1CCCCC1)c1ccccc1C(F)(F)F. The van der Waals surface area contributed by atoms with Crippen molar-refractivity contribution < 1.29 is 13.2 Å². The van der Waals surface area contributed by atoms with Gasteiger partial charge < -0.3 is 10.6 Å². The summed E-state index contributed by atoms with van der Waals surface area (Å²) in [5, 5.41) is 0. The summed E-state index contributed by atoms with van der Waals surface area (Å²) in [6.45, 7) is 2.78. The van der Waals surface area contributed by atoms with Crippen LogP contribution >= 0.6 is 0 Å². The molecule has 1 aliphatic rings. The number of alkyl halides is 3. The lowest BCUT2D eigenvalue weighted by molar-refractivity contribution is -0.138. The first-order valence-corrected chi connectivity index (χ1v) is 7.11. The minimum absolute atomic E-state index is 0.240. The Morgan fingerprint density at radius 1 is 1.10 bits per heavy atom. The van der Waals surface area contributed by atoms with E-state index in [4.69, 9.17) is 5.73 Å². The van der Waals surface area contributed by atoms with Gasteiger partial charge in [-0.05, 0) is 37.6 Å². The maximum atomic E-state index is 13.1. The molecule has 0 aromatic heterocycles. The van der Waals surface area contributed by atoms with Crippen molar-refractivity contribution in [1.82, 2.24) is 4.90 Å². The topological polar surface area (TPSA) is 29.3 Å². The minimum atomic E-state index is -4.31. The lowest BCUT2D eigenvalue weighted by Gasteiger charge is -2.31. The first kappa shape index (κ1) is 15.3. The Morgan fingerprint density at radius 2 is 1.75 bits per heavy atom. The number of piperidine rings is 1. The molecule has 0 aliphatic carbocycles. The number of hydrogen-bond donors (Lipinski definition) is 1. The highest BCUT2D eigenvalue weighted by molar-refractivity contribution is 5.33. The van der Waals surface area contributed by atoms with Gasteiger partial charge in [-0.1, -0.05) is 24.6 Å². The molecule has 0 bridgehead atoms. The maximum Gasteiger partial charge on any atom is 0.416 e. The van der Waals surface area contributed by atoms with Gasteiger partial charge in [0.15, 0.2) is 0 Å². The maximum absolute atomic E-state index is 13.1. The van der Waals surface area contributed by atoms with Crippen LogP contribution in [0.5, 0.6) is 0 Å². The van der Waals surface area contributed by atoms with Gasteiger partial charge >= 0.3 is 6.18 Å². The molecule has 1 aromatic carbocycles. The van der Waals surface area contributed by atoms with Crippen molar-refractivity contribution in [3.8, 4) is 0 Å². The minimum Gasteiger partial charge on any atom is -0.330 e. The summed E-state index contributed by atoms with van der Waals surface area (Å²) in [5.74, 6) is -0.258. The zero-order valence-corrected chi connectivity index (χ0v) is 11.5. The van der Waals surface area contributed by atoms with Crippen LogP contribution in [0.25, 0.3) is 0 Å². The fourth-order valence-corrected chi connectivity index (χ4v) is 2.86. The molecule has 1 aliphatic heterocycles. The number of benzene rings is 1. The Hall–Kier alpha value is -1.07. The van der Waals surface area contributed by atoms with E-state index in [0.717, 1.165) is 32.0 Å². The molecule has 0 amide bonds. The van der Waals surface area contributed by atoms with Gasteiger partial charge in [0.1, 0.15) is 0 Å². The number of nitrogens with zero attached hydrogens (tertiary/aromatic N) is 1. The average molecular weight is 286 g/mol. The Balaban J connectivity index is 2.18. The summed E-state index contributed by atoms with van der Waals surface area (Å²) >= 11 is 0. The molecule has 0 spiro atoms. The zero-order chi connectivity index (χ0) is 14.6. The van der Waals surface area contributed by atoms with E-state index in [0.29, 0.717) is 12.1 Å². The first-order valence-electron chi connectivity index (χ1n) is 7.11. The molecule has 0 saturated carbocycles. The van der Waals surface area contributed by atoms with Crippen LogP contribution in [0.4, 0.5) is 13.2 Å². The summed E-state index contributed by atoms with van der Waals surface area (Å²) < 4.78 is 39.2. The zero-order valence-electron chi connectivity index (χ0n) is 11.5. The Labute approximate surface area is 117 Å². The molecule has 1 fully saturated rings. The summed E-state index contributed by atoms with van der Waals surface area (Å²) in [6, 6.07) is 5.79. The quantitative estimate of drug-likeness (QED) is 0.920. The summed E-state index contributed by atoms with van der Waals surface area (Å²) in [4.78, 5) is 2.23. The van der Waals surface area contributed by atoms with Crippen LogP contribution in [0.2, 0.25) is 0 Å². The molecular weight excluding hydrogens is 265 g/mol. The van der Waals surface area contributed by atoms with Crippen molar-refractivity contribution in [2.45, 2.75) is 31.4 Å². The van der Waals surface area contributed by atoms with Gasteiger partial charge in [0.25, 0.3) is 0 Å². The van der Waals surface area contributed by atoms with Crippen LogP contribution in [0.3, 0.4) is 0 Å². The van der Waals surface area contributed by atoms with Gasteiger partial charge in [0.2, 0.25) is 0 Å². The van der Waals surface area contributed by atoms with Crippen molar-refractivity contribution in [2.24, 2.45) is 5.73 Å². The molecule has 2 rings (SSSR count). The van der Waals surface area contributed by atoms with Gasteiger partial charge in [-0.2, -0.15) is 13.2 Å². The highest BCUT2D eigenvalue weighted by Crippen LogP contribution is 2.35. The van der Waals surface area contributed by atoms with Crippen molar-refractivity contribution >= 4 is 0 Å². The normalized spacial score (nSPS) is 19.0.